The van der Waals surface area contributed by atoms with Crippen LogP contribution in [0.5, 0.6) is 0 Å². The van der Waals surface area contributed by atoms with E-state index < -0.39 is 0 Å². The number of aromatic nitrogens is 1. The van der Waals surface area contributed by atoms with Gasteiger partial charge in [-0.3, -0.25) is 4.79 Å². The number of nitrogens with two attached hydrogens (primary N) is 1. The third kappa shape index (κ3) is 2.20. The van der Waals surface area contributed by atoms with Gasteiger partial charge in [-0.15, -0.1) is 0 Å². The van der Waals surface area contributed by atoms with E-state index in [-0.39, 0.29) is 5.91 Å². The maximum Gasteiger partial charge on any atom is 0.260 e. The summed E-state index contributed by atoms with van der Waals surface area (Å²) in [5.41, 5.74) is 9.54. The van der Waals surface area contributed by atoms with Crippen molar-refractivity contribution in [3.8, 4) is 0 Å². The second-order valence-electron chi connectivity index (χ2n) is 4.27. The summed E-state index contributed by atoms with van der Waals surface area (Å²) in [7, 11) is 0. The average Bonchev–Trinajstić information content (AvgIpc) is 2.72. The molecule has 1 aromatic heterocycles. The van der Waals surface area contributed by atoms with Crippen LogP contribution in [0.2, 0.25) is 0 Å². The summed E-state index contributed by atoms with van der Waals surface area (Å²) in [5.74, 6) is 0.262. The van der Waals surface area contributed by atoms with Crippen molar-refractivity contribution in [1.82, 2.24) is 5.16 Å². The Hall–Kier alpha value is -2.30. The molecule has 0 fully saturated rings. The van der Waals surface area contributed by atoms with E-state index in [2.05, 4.69) is 10.5 Å². The van der Waals surface area contributed by atoms with Crippen molar-refractivity contribution in [2.24, 2.45) is 0 Å². The lowest BCUT2D eigenvalue weighted by atomic mass is 10.1. The Morgan fingerprint density at radius 2 is 2.00 bits per heavy atom. The Morgan fingerprint density at radius 3 is 2.61 bits per heavy atom. The molecule has 0 unspecified atom stereocenters. The number of carbonyl (C=O) groups excluding carboxylic acids is 1. The Kier molecular flexibility index (Phi) is 3.06. The van der Waals surface area contributed by atoms with Crippen LogP contribution >= 0.6 is 0 Å². The van der Waals surface area contributed by atoms with Gasteiger partial charge >= 0.3 is 0 Å². The Bertz CT molecular complexity index is 602. The number of carbonyl (C=O) groups is 1. The van der Waals surface area contributed by atoms with Gasteiger partial charge in [0.25, 0.3) is 5.91 Å². The van der Waals surface area contributed by atoms with E-state index in [4.69, 9.17) is 10.3 Å². The summed E-state index contributed by atoms with van der Waals surface area (Å²) in [4.78, 5) is 12.0. The minimum Gasteiger partial charge on any atom is -0.399 e. The molecule has 1 aromatic carbocycles. The number of amides is 1. The number of nitrogens with zero attached hydrogens (tertiary/aromatic N) is 1. The van der Waals surface area contributed by atoms with Crippen molar-refractivity contribution in [1.29, 1.82) is 0 Å². The van der Waals surface area contributed by atoms with E-state index in [0.717, 1.165) is 16.8 Å². The highest BCUT2D eigenvalue weighted by atomic mass is 16.5. The molecule has 1 amide bonds. The highest BCUT2D eigenvalue weighted by molar-refractivity contribution is 6.05. The van der Waals surface area contributed by atoms with Crippen LogP contribution in [0.15, 0.2) is 22.9 Å². The van der Waals surface area contributed by atoms with Gasteiger partial charge in [-0.05, 0) is 44.0 Å². The molecular formula is C13H15N3O2. The van der Waals surface area contributed by atoms with Crippen molar-refractivity contribution in [3.63, 3.8) is 0 Å². The van der Waals surface area contributed by atoms with Gasteiger partial charge in [0.05, 0.1) is 6.20 Å². The van der Waals surface area contributed by atoms with Crippen molar-refractivity contribution in [2.45, 2.75) is 20.8 Å². The molecule has 0 aliphatic rings. The van der Waals surface area contributed by atoms with E-state index in [1.165, 1.54) is 6.20 Å². The topological polar surface area (TPSA) is 81.2 Å². The number of hydrogen-bond acceptors (Lipinski definition) is 4. The van der Waals surface area contributed by atoms with Gasteiger partial charge in [0.2, 0.25) is 0 Å². The minimum absolute atomic E-state index is 0.235. The molecule has 0 aliphatic heterocycles. The average molecular weight is 245 g/mol. The third-order valence-corrected chi connectivity index (χ3v) is 2.86. The first-order valence-corrected chi connectivity index (χ1v) is 5.58. The highest BCUT2D eigenvalue weighted by Crippen LogP contribution is 2.23. The van der Waals surface area contributed by atoms with Gasteiger partial charge in [0.1, 0.15) is 11.3 Å². The molecule has 0 saturated carbocycles. The quantitative estimate of drug-likeness (QED) is 0.796. The predicted molar refractivity (Wildman–Crippen MR) is 69.5 cm³/mol. The van der Waals surface area contributed by atoms with Crippen LogP contribution in [0, 0.1) is 20.8 Å². The smallest absolute Gasteiger partial charge is 0.260 e. The first-order chi connectivity index (χ1) is 8.49. The summed E-state index contributed by atoms with van der Waals surface area (Å²) < 4.78 is 4.87. The third-order valence-electron chi connectivity index (χ3n) is 2.86. The largest absolute Gasteiger partial charge is 0.399 e. The SMILES string of the molecule is Cc1cc(NC(=O)c2cnoc2C)c(C)cc1N. The first-order valence-electron chi connectivity index (χ1n) is 5.58. The van der Waals surface area contributed by atoms with Gasteiger partial charge in [0, 0.05) is 11.4 Å². The lowest BCUT2D eigenvalue weighted by molar-refractivity contribution is 0.102. The molecular weight excluding hydrogens is 230 g/mol. The number of rotatable bonds is 2. The number of nitrogen functional groups attached to an aromatic ring is 1. The molecule has 0 spiro atoms. The van der Waals surface area contributed by atoms with Gasteiger partial charge in [-0.2, -0.15) is 0 Å². The number of benzene rings is 1. The number of nitrogens with one attached hydrogen (secondary N) is 1. The molecule has 5 nitrogen and oxygen atoms in total. The van der Waals surface area contributed by atoms with E-state index in [1.807, 2.05) is 26.0 Å². The molecule has 2 aromatic rings. The number of hydrogen-bond donors (Lipinski definition) is 2. The summed E-state index contributed by atoms with van der Waals surface area (Å²) in [6.45, 7) is 5.49. The molecule has 0 radical (unpaired) electrons. The van der Waals surface area contributed by atoms with E-state index in [1.54, 1.807) is 6.92 Å². The molecule has 5 heteroatoms. The molecule has 94 valence electrons. The number of aryl methyl sites for hydroxylation is 3. The zero-order chi connectivity index (χ0) is 13.3. The van der Waals surface area contributed by atoms with Crippen molar-refractivity contribution >= 4 is 17.3 Å². The molecule has 0 bridgehead atoms. The van der Waals surface area contributed by atoms with Crippen molar-refractivity contribution in [2.75, 3.05) is 11.1 Å². The standard InChI is InChI=1S/C13H15N3O2/c1-7-5-12(8(2)4-11(7)14)16-13(17)10-6-15-18-9(10)3/h4-6H,14H2,1-3H3,(H,16,17). The maximum absolute atomic E-state index is 12.0. The zero-order valence-corrected chi connectivity index (χ0v) is 10.6. The van der Waals surface area contributed by atoms with Crippen LogP contribution in [0.1, 0.15) is 27.2 Å². The summed E-state index contributed by atoms with van der Waals surface area (Å²) in [6, 6.07) is 3.69. The molecule has 1 heterocycles. The molecule has 0 aliphatic carbocycles. The molecule has 0 saturated heterocycles. The molecule has 3 N–H and O–H groups in total. The fourth-order valence-corrected chi connectivity index (χ4v) is 1.68. The fourth-order valence-electron chi connectivity index (χ4n) is 1.68. The van der Waals surface area contributed by atoms with Crippen molar-refractivity contribution < 1.29 is 9.32 Å². The predicted octanol–water partition coefficient (Wildman–Crippen LogP) is 2.43. The molecule has 18 heavy (non-hydrogen) atoms. The maximum atomic E-state index is 12.0. The van der Waals surface area contributed by atoms with Crippen LogP contribution in [0.3, 0.4) is 0 Å². The summed E-state index contributed by atoms with van der Waals surface area (Å²) in [5, 5.41) is 6.41. The fraction of sp³-hybridized carbons (Fsp3) is 0.231. The summed E-state index contributed by atoms with van der Waals surface area (Å²) >= 11 is 0. The lowest BCUT2D eigenvalue weighted by Crippen LogP contribution is -2.13. The number of anilines is 2. The second-order valence-corrected chi connectivity index (χ2v) is 4.27. The van der Waals surface area contributed by atoms with Crippen molar-refractivity contribution in [3.05, 3.63) is 40.8 Å². The van der Waals surface area contributed by atoms with E-state index >= 15 is 0 Å². The normalized spacial score (nSPS) is 10.4. The zero-order valence-electron chi connectivity index (χ0n) is 10.6. The monoisotopic (exact) mass is 245 g/mol. The van der Waals surface area contributed by atoms with Crippen LogP contribution in [0.25, 0.3) is 0 Å². The molecule has 2 rings (SSSR count). The van der Waals surface area contributed by atoms with Gasteiger partial charge in [-0.25, -0.2) is 0 Å². The van der Waals surface area contributed by atoms with Crippen LogP contribution in [0.4, 0.5) is 11.4 Å². The minimum atomic E-state index is -0.235. The van der Waals surface area contributed by atoms with Gasteiger partial charge < -0.3 is 15.6 Å². The van der Waals surface area contributed by atoms with Crippen LogP contribution in [-0.4, -0.2) is 11.1 Å². The van der Waals surface area contributed by atoms with E-state index in [0.29, 0.717) is 17.0 Å². The Balaban J connectivity index is 2.28. The molecule has 0 atom stereocenters. The van der Waals surface area contributed by atoms with Gasteiger partial charge in [-0.1, -0.05) is 5.16 Å². The van der Waals surface area contributed by atoms with E-state index in [9.17, 15) is 4.79 Å². The summed E-state index contributed by atoms with van der Waals surface area (Å²) in [6.07, 6.45) is 1.41. The van der Waals surface area contributed by atoms with Crippen LogP contribution in [-0.2, 0) is 0 Å². The lowest BCUT2D eigenvalue weighted by Gasteiger charge is -2.10. The Labute approximate surface area is 105 Å². The van der Waals surface area contributed by atoms with Crippen LogP contribution < -0.4 is 11.1 Å². The highest BCUT2D eigenvalue weighted by Gasteiger charge is 2.14. The van der Waals surface area contributed by atoms with Gasteiger partial charge in [0.15, 0.2) is 0 Å². The Morgan fingerprint density at radius 1 is 1.28 bits per heavy atom. The first kappa shape index (κ1) is 12.2. The second kappa shape index (κ2) is 4.52.